The molecule has 2 fully saturated rings. The highest BCUT2D eigenvalue weighted by Crippen LogP contribution is 2.30. The summed E-state index contributed by atoms with van der Waals surface area (Å²) >= 11 is 0. The molecular formula is C32H33FN6O3. The van der Waals surface area contributed by atoms with Gasteiger partial charge in [0.05, 0.1) is 23.0 Å². The molecule has 3 aromatic carbocycles. The molecule has 0 bridgehead atoms. The second-order valence-corrected chi connectivity index (χ2v) is 10.4. The molecule has 0 saturated carbocycles. The van der Waals surface area contributed by atoms with Crippen LogP contribution in [0.25, 0.3) is 0 Å². The predicted molar refractivity (Wildman–Crippen MR) is 158 cm³/mol. The molecule has 0 unspecified atom stereocenters. The molecular weight excluding hydrogens is 535 g/mol. The maximum atomic E-state index is 13.7. The van der Waals surface area contributed by atoms with Gasteiger partial charge in [-0.2, -0.15) is 5.26 Å². The maximum absolute atomic E-state index is 13.7. The summed E-state index contributed by atoms with van der Waals surface area (Å²) in [5, 5.41) is 15.4. The van der Waals surface area contributed by atoms with Gasteiger partial charge in [0.25, 0.3) is 17.7 Å². The lowest BCUT2D eigenvalue weighted by atomic mass is 10.1. The number of anilines is 2. The Morgan fingerprint density at radius 1 is 0.762 bits per heavy atom. The van der Waals surface area contributed by atoms with Gasteiger partial charge in [-0.3, -0.25) is 14.4 Å². The number of carbonyl (C=O) groups excluding carboxylic acids is 3. The molecule has 2 aliphatic rings. The van der Waals surface area contributed by atoms with E-state index in [1.807, 2.05) is 17.0 Å². The minimum absolute atomic E-state index is 0.0955. The highest BCUT2D eigenvalue weighted by molar-refractivity contribution is 6.07. The van der Waals surface area contributed by atoms with Gasteiger partial charge in [-0.1, -0.05) is 6.07 Å². The van der Waals surface area contributed by atoms with Crippen molar-refractivity contribution in [2.24, 2.45) is 0 Å². The Kier molecular flexibility index (Phi) is 9.09. The van der Waals surface area contributed by atoms with Crippen molar-refractivity contribution in [3.63, 3.8) is 0 Å². The van der Waals surface area contributed by atoms with Crippen LogP contribution in [0.15, 0.2) is 66.7 Å². The zero-order valence-corrected chi connectivity index (χ0v) is 23.3. The van der Waals surface area contributed by atoms with Crippen LogP contribution in [-0.4, -0.2) is 79.9 Å². The molecule has 2 heterocycles. The minimum atomic E-state index is -0.453. The van der Waals surface area contributed by atoms with Gasteiger partial charge in [0, 0.05) is 62.5 Å². The summed E-state index contributed by atoms with van der Waals surface area (Å²) in [6.45, 7) is 4.89. The number of nitriles is 1. The molecule has 42 heavy (non-hydrogen) atoms. The highest BCUT2D eigenvalue weighted by Gasteiger charge is 2.24. The molecule has 0 aliphatic carbocycles. The molecule has 5 rings (SSSR count). The molecule has 9 nitrogen and oxygen atoms in total. The van der Waals surface area contributed by atoms with Crippen molar-refractivity contribution in [3.8, 4) is 6.07 Å². The number of benzene rings is 3. The lowest BCUT2D eigenvalue weighted by molar-refractivity contribution is 0.0759. The van der Waals surface area contributed by atoms with Crippen LogP contribution in [-0.2, 0) is 0 Å². The number of carbonyl (C=O) groups is 3. The van der Waals surface area contributed by atoms with E-state index in [9.17, 15) is 18.8 Å². The number of halogens is 1. The van der Waals surface area contributed by atoms with E-state index in [4.69, 9.17) is 5.26 Å². The normalized spacial score (nSPS) is 15.8. The molecule has 0 aromatic heterocycles. The predicted octanol–water partition coefficient (Wildman–Crippen LogP) is 3.74. The second kappa shape index (κ2) is 13.3. The van der Waals surface area contributed by atoms with Crippen molar-refractivity contribution in [1.29, 1.82) is 5.26 Å². The van der Waals surface area contributed by atoms with Gasteiger partial charge in [-0.05, 0) is 80.1 Å². The molecule has 2 saturated heterocycles. The summed E-state index contributed by atoms with van der Waals surface area (Å²) in [6, 6.07) is 19.5. The minimum Gasteiger partial charge on any atom is -0.368 e. The van der Waals surface area contributed by atoms with Gasteiger partial charge in [0.15, 0.2) is 0 Å². The van der Waals surface area contributed by atoms with Gasteiger partial charge in [-0.15, -0.1) is 0 Å². The summed E-state index contributed by atoms with van der Waals surface area (Å²) in [5.41, 5.74) is 2.87. The first-order valence-electron chi connectivity index (χ1n) is 14.2. The number of hydrogen-bond donors (Lipinski definition) is 2. The molecule has 2 N–H and O–H groups in total. The standard InChI is InChI=1S/C32H33FN6O3/c33-27-5-1-4-25(20-27)31(41)39-16-3-15-37(18-19-39)29-11-10-26(32(42)38-14-2-12-35-13-17-38)21-28(29)36-30(40)24-8-6-23(22-34)7-9-24/h1,4-11,20-21,35H,2-3,12-19H2,(H,36,40). The van der Waals surface area contributed by atoms with Crippen LogP contribution in [0, 0.1) is 17.1 Å². The van der Waals surface area contributed by atoms with Gasteiger partial charge in [0.1, 0.15) is 5.82 Å². The van der Waals surface area contributed by atoms with Crippen LogP contribution in [0.3, 0.4) is 0 Å². The van der Waals surface area contributed by atoms with E-state index in [1.54, 1.807) is 47.4 Å². The summed E-state index contributed by atoms with van der Waals surface area (Å²) in [7, 11) is 0. The first-order valence-corrected chi connectivity index (χ1v) is 14.2. The Balaban J connectivity index is 1.40. The maximum Gasteiger partial charge on any atom is 0.255 e. The third-order valence-electron chi connectivity index (χ3n) is 7.59. The lowest BCUT2D eigenvalue weighted by Crippen LogP contribution is -2.35. The number of nitrogens with zero attached hydrogens (tertiary/aromatic N) is 4. The molecule has 3 aromatic rings. The summed E-state index contributed by atoms with van der Waals surface area (Å²) in [6.07, 6.45) is 1.54. The van der Waals surface area contributed by atoms with Crippen molar-refractivity contribution in [2.75, 3.05) is 62.6 Å². The van der Waals surface area contributed by atoms with Gasteiger partial charge in [-0.25, -0.2) is 4.39 Å². The van der Waals surface area contributed by atoms with E-state index in [0.717, 1.165) is 25.2 Å². The molecule has 10 heteroatoms. The fraction of sp³-hybridized carbons (Fsp3) is 0.312. The lowest BCUT2D eigenvalue weighted by Gasteiger charge is -2.27. The Labute approximate surface area is 244 Å². The van der Waals surface area contributed by atoms with Crippen LogP contribution < -0.4 is 15.5 Å². The van der Waals surface area contributed by atoms with E-state index in [0.29, 0.717) is 73.6 Å². The smallest absolute Gasteiger partial charge is 0.255 e. The third kappa shape index (κ3) is 6.75. The molecule has 0 spiro atoms. The fourth-order valence-corrected chi connectivity index (χ4v) is 5.33. The Morgan fingerprint density at radius 2 is 1.48 bits per heavy atom. The summed E-state index contributed by atoms with van der Waals surface area (Å²) < 4.78 is 13.7. The zero-order valence-electron chi connectivity index (χ0n) is 23.3. The van der Waals surface area contributed by atoms with Gasteiger partial charge in [0.2, 0.25) is 0 Å². The van der Waals surface area contributed by atoms with Crippen LogP contribution in [0.4, 0.5) is 15.8 Å². The Morgan fingerprint density at radius 3 is 2.24 bits per heavy atom. The quantitative estimate of drug-likeness (QED) is 0.486. The first-order chi connectivity index (χ1) is 20.4. The van der Waals surface area contributed by atoms with E-state index in [2.05, 4.69) is 15.5 Å². The molecule has 0 radical (unpaired) electrons. The topological polar surface area (TPSA) is 109 Å². The Hall–Kier alpha value is -4.75. The van der Waals surface area contributed by atoms with Crippen molar-refractivity contribution < 1.29 is 18.8 Å². The van der Waals surface area contributed by atoms with Gasteiger partial charge < -0.3 is 25.3 Å². The summed E-state index contributed by atoms with van der Waals surface area (Å²) in [5.74, 6) is -1.13. The zero-order chi connectivity index (χ0) is 29.5. The van der Waals surface area contributed by atoms with Crippen molar-refractivity contribution in [3.05, 3.63) is 94.8 Å². The molecule has 0 atom stereocenters. The highest BCUT2D eigenvalue weighted by atomic mass is 19.1. The van der Waals surface area contributed by atoms with E-state index in [1.165, 1.54) is 18.2 Å². The van der Waals surface area contributed by atoms with Crippen LogP contribution in [0.1, 0.15) is 49.5 Å². The van der Waals surface area contributed by atoms with Crippen molar-refractivity contribution in [2.45, 2.75) is 12.8 Å². The average molecular weight is 569 g/mol. The Bertz CT molecular complexity index is 1490. The number of rotatable bonds is 5. The number of hydrogen-bond acceptors (Lipinski definition) is 6. The largest absolute Gasteiger partial charge is 0.368 e. The van der Waals surface area contributed by atoms with E-state index in [-0.39, 0.29) is 17.7 Å². The second-order valence-electron chi connectivity index (χ2n) is 10.4. The number of nitrogens with one attached hydrogen (secondary N) is 2. The van der Waals surface area contributed by atoms with Crippen LogP contribution >= 0.6 is 0 Å². The van der Waals surface area contributed by atoms with Gasteiger partial charge >= 0.3 is 0 Å². The van der Waals surface area contributed by atoms with Crippen molar-refractivity contribution in [1.82, 2.24) is 15.1 Å². The monoisotopic (exact) mass is 568 g/mol. The van der Waals surface area contributed by atoms with Crippen LogP contribution in [0.5, 0.6) is 0 Å². The average Bonchev–Trinajstić information content (AvgIpc) is 3.44. The molecule has 2 aliphatic heterocycles. The van der Waals surface area contributed by atoms with Crippen LogP contribution in [0.2, 0.25) is 0 Å². The van der Waals surface area contributed by atoms with E-state index >= 15 is 0 Å². The van der Waals surface area contributed by atoms with Crippen molar-refractivity contribution >= 4 is 29.1 Å². The fourth-order valence-electron chi connectivity index (χ4n) is 5.33. The SMILES string of the molecule is N#Cc1ccc(C(=O)Nc2cc(C(=O)N3CCCNCC3)ccc2N2CCCN(C(=O)c3cccc(F)c3)CC2)cc1. The summed E-state index contributed by atoms with van der Waals surface area (Å²) in [4.78, 5) is 45.4. The third-order valence-corrected chi connectivity index (χ3v) is 7.59. The van der Waals surface area contributed by atoms with E-state index < -0.39 is 5.82 Å². The number of amides is 3. The molecule has 3 amide bonds. The first kappa shape index (κ1) is 28.8. The molecule has 216 valence electrons.